The molecule has 1 saturated carbocycles. The van der Waals surface area contributed by atoms with Crippen molar-refractivity contribution in [1.29, 1.82) is 0 Å². The largest absolute Gasteiger partial charge is 0.491 e. The van der Waals surface area contributed by atoms with E-state index >= 15 is 0 Å². The maximum absolute atomic E-state index is 12.3. The van der Waals surface area contributed by atoms with Crippen LogP contribution >= 0.6 is 0 Å². The average Bonchev–Trinajstić information content (AvgIpc) is 2.60. The van der Waals surface area contributed by atoms with Crippen molar-refractivity contribution in [3.8, 4) is 5.75 Å². The first kappa shape index (κ1) is 18.6. The number of hydrogen-bond donors (Lipinski definition) is 2. The zero-order chi connectivity index (χ0) is 17.4. The van der Waals surface area contributed by atoms with E-state index < -0.39 is 0 Å². The molecule has 1 aromatic carbocycles. The molecule has 2 rings (SSSR count). The van der Waals surface area contributed by atoms with E-state index in [1.165, 1.54) is 25.7 Å². The molecule has 0 atom stereocenters. The SMILES string of the molecule is CC1CCC(CN(C)C(=O)NCc2ccccc2OCCO)CC1. The Labute approximate surface area is 145 Å². The van der Waals surface area contributed by atoms with Crippen molar-refractivity contribution in [2.45, 2.75) is 39.2 Å². The van der Waals surface area contributed by atoms with Gasteiger partial charge >= 0.3 is 6.03 Å². The molecule has 2 N–H and O–H groups in total. The lowest BCUT2D eigenvalue weighted by Gasteiger charge is -2.29. The topological polar surface area (TPSA) is 61.8 Å². The zero-order valence-corrected chi connectivity index (χ0v) is 14.8. The van der Waals surface area contributed by atoms with E-state index in [0.29, 0.717) is 18.2 Å². The fourth-order valence-corrected chi connectivity index (χ4v) is 3.23. The van der Waals surface area contributed by atoms with Crippen LogP contribution in [-0.2, 0) is 6.54 Å². The third-order valence-electron chi connectivity index (χ3n) is 4.77. The third-order valence-corrected chi connectivity index (χ3v) is 4.77. The van der Waals surface area contributed by atoms with Crippen LogP contribution in [-0.4, -0.2) is 42.8 Å². The molecule has 134 valence electrons. The Morgan fingerprint density at radius 2 is 2.00 bits per heavy atom. The van der Waals surface area contributed by atoms with Crippen molar-refractivity contribution >= 4 is 6.03 Å². The Morgan fingerprint density at radius 3 is 2.71 bits per heavy atom. The van der Waals surface area contributed by atoms with E-state index in [1.807, 2.05) is 31.3 Å². The summed E-state index contributed by atoms with van der Waals surface area (Å²) < 4.78 is 5.50. The number of carbonyl (C=O) groups excluding carboxylic acids is 1. The number of benzene rings is 1. The van der Waals surface area contributed by atoms with Crippen LogP contribution in [0.25, 0.3) is 0 Å². The molecule has 1 fully saturated rings. The van der Waals surface area contributed by atoms with Gasteiger partial charge in [-0.2, -0.15) is 0 Å². The van der Waals surface area contributed by atoms with Gasteiger partial charge in [-0.1, -0.05) is 38.0 Å². The molecule has 24 heavy (non-hydrogen) atoms. The molecule has 0 bridgehead atoms. The van der Waals surface area contributed by atoms with Gasteiger partial charge in [0.2, 0.25) is 0 Å². The molecule has 0 radical (unpaired) electrons. The predicted molar refractivity (Wildman–Crippen MR) is 95.0 cm³/mol. The molecule has 0 unspecified atom stereocenters. The van der Waals surface area contributed by atoms with Crippen molar-refractivity contribution < 1.29 is 14.6 Å². The predicted octanol–water partition coefficient (Wildman–Crippen LogP) is 3.03. The first-order chi connectivity index (χ1) is 11.6. The van der Waals surface area contributed by atoms with Crippen LogP contribution in [0.15, 0.2) is 24.3 Å². The number of hydrogen-bond acceptors (Lipinski definition) is 3. The zero-order valence-electron chi connectivity index (χ0n) is 14.8. The number of ether oxygens (including phenoxy) is 1. The second kappa shape index (κ2) is 9.52. The average molecular weight is 334 g/mol. The van der Waals surface area contributed by atoms with Crippen LogP contribution in [0.4, 0.5) is 4.79 Å². The summed E-state index contributed by atoms with van der Waals surface area (Å²) in [6.45, 7) is 3.78. The molecule has 1 aliphatic carbocycles. The van der Waals surface area contributed by atoms with Crippen LogP contribution < -0.4 is 10.1 Å². The Morgan fingerprint density at radius 1 is 1.29 bits per heavy atom. The van der Waals surface area contributed by atoms with E-state index in [1.54, 1.807) is 4.90 Å². The number of rotatable bonds is 7. The maximum atomic E-state index is 12.3. The summed E-state index contributed by atoms with van der Waals surface area (Å²) in [6, 6.07) is 7.53. The van der Waals surface area contributed by atoms with E-state index in [9.17, 15) is 4.79 Å². The molecule has 0 aromatic heterocycles. The molecule has 5 nitrogen and oxygen atoms in total. The summed E-state index contributed by atoms with van der Waals surface area (Å²) >= 11 is 0. The summed E-state index contributed by atoms with van der Waals surface area (Å²) in [5, 5.41) is 11.8. The summed E-state index contributed by atoms with van der Waals surface area (Å²) in [6.07, 6.45) is 4.98. The van der Waals surface area contributed by atoms with Gasteiger partial charge in [-0.05, 0) is 30.7 Å². The molecule has 1 aromatic rings. The van der Waals surface area contributed by atoms with Gasteiger partial charge in [-0.3, -0.25) is 0 Å². The molecule has 0 saturated heterocycles. The van der Waals surface area contributed by atoms with E-state index in [0.717, 1.165) is 18.0 Å². The van der Waals surface area contributed by atoms with Gasteiger partial charge in [-0.15, -0.1) is 0 Å². The van der Waals surface area contributed by atoms with Crippen LogP contribution in [0.5, 0.6) is 5.75 Å². The number of para-hydroxylation sites is 1. The van der Waals surface area contributed by atoms with Crippen LogP contribution in [0, 0.1) is 11.8 Å². The Kier molecular flexibility index (Phi) is 7.37. The number of carbonyl (C=O) groups is 1. The number of nitrogens with zero attached hydrogens (tertiary/aromatic N) is 1. The molecular formula is C19H30N2O3. The summed E-state index contributed by atoms with van der Waals surface area (Å²) in [4.78, 5) is 14.1. The normalized spacial score (nSPS) is 20.5. The van der Waals surface area contributed by atoms with E-state index in [-0.39, 0.29) is 19.2 Å². The monoisotopic (exact) mass is 334 g/mol. The summed E-state index contributed by atoms with van der Waals surface area (Å²) in [5.74, 6) is 2.16. The number of aliphatic hydroxyl groups is 1. The van der Waals surface area contributed by atoms with Gasteiger partial charge in [0.05, 0.1) is 6.61 Å². The molecule has 2 amide bonds. The van der Waals surface area contributed by atoms with Crippen molar-refractivity contribution in [3.05, 3.63) is 29.8 Å². The van der Waals surface area contributed by atoms with Crippen molar-refractivity contribution in [1.82, 2.24) is 10.2 Å². The van der Waals surface area contributed by atoms with E-state index in [4.69, 9.17) is 9.84 Å². The summed E-state index contributed by atoms with van der Waals surface area (Å²) in [7, 11) is 1.86. The lowest BCUT2D eigenvalue weighted by molar-refractivity contribution is 0.184. The van der Waals surface area contributed by atoms with Crippen molar-refractivity contribution in [2.75, 3.05) is 26.8 Å². The second-order valence-corrected chi connectivity index (χ2v) is 6.84. The molecule has 1 aliphatic rings. The number of amides is 2. The lowest BCUT2D eigenvalue weighted by Crippen LogP contribution is -2.40. The first-order valence-electron chi connectivity index (χ1n) is 8.90. The highest BCUT2D eigenvalue weighted by atomic mass is 16.5. The van der Waals surface area contributed by atoms with E-state index in [2.05, 4.69) is 12.2 Å². The molecule has 5 heteroatoms. The van der Waals surface area contributed by atoms with Gasteiger partial charge in [0.15, 0.2) is 0 Å². The van der Waals surface area contributed by atoms with Gasteiger partial charge in [-0.25, -0.2) is 4.79 Å². The molecule has 0 spiro atoms. The fraction of sp³-hybridized carbons (Fsp3) is 0.632. The highest BCUT2D eigenvalue weighted by molar-refractivity contribution is 5.73. The Hall–Kier alpha value is -1.75. The van der Waals surface area contributed by atoms with Gasteiger partial charge < -0.3 is 20.1 Å². The fourth-order valence-electron chi connectivity index (χ4n) is 3.23. The molecule has 0 heterocycles. The second-order valence-electron chi connectivity index (χ2n) is 6.84. The van der Waals surface area contributed by atoms with Gasteiger partial charge in [0.1, 0.15) is 12.4 Å². The quantitative estimate of drug-likeness (QED) is 0.806. The minimum absolute atomic E-state index is 0.0244. The first-order valence-corrected chi connectivity index (χ1v) is 8.90. The smallest absolute Gasteiger partial charge is 0.317 e. The lowest BCUT2D eigenvalue weighted by atomic mass is 9.83. The highest BCUT2D eigenvalue weighted by Crippen LogP contribution is 2.28. The third kappa shape index (κ3) is 5.71. The minimum Gasteiger partial charge on any atom is -0.491 e. The maximum Gasteiger partial charge on any atom is 0.317 e. The van der Waals surface area contributed by atoms with Crippen molar-refractivity contribution in [2.24, 2.45) is 11.8 Å². The van der Waals surface area contributed by atoms with Gasteiger partial charge in [0, 0.05) is 25.7 Å². The van der Waals surface area contributed by atoms with Crippen LogP contribution in [0.1, 0.15) is 38.2 Å². The molecule has 0 aliphatic heterocycles. The standard InChI is InChI=1S/C19H30N2O3/c1-15-7-9-16(10-8-15)14-21(2)19(23)20-13-17-5-3-4-6-18(17)24-12-11-22/h3-6,15-16,22H,7-14H2,1-2H3,(H,20,23). The number of urea groups is 1. The van der Waals surface area contributed by atoms with Crippen LogP contribution in [0.3, 0.4) is 0 Å². The number of nitrogens with one attached hydrogen (secondary N) is 1. The Bertz CT molecular complexity index is 513. The number of aliphatic hydroxyl groups excluding tert-OH is 1. The minimum atomic E-state index is -0.0504. The summed E-state index contributed by atoms with van der Waals surface area (Å²) in [5.41, 5.74) is 0.916. The Balaban J connectivity index is 1.80. The van der Waals surface area contributed by atoms with Crippen molar-refractivity contribution in [3.63, 3.8) is 0 Å². The molecular weight excluding hydrogens is 304 g/mol. The highest BCUT2D eigenvalue weighted by Gasteiger charge is 2.21. The van der Waals surface area contributed by atoms with Gasteiger partial charge in [0.25, 0.3) is 0 Å². The van der Waals surface area contributed by atoms with Crippen LogP contribution in [0.2, 0.25) is 0 Å².